The summed E-state index contributed by atoms with van der Waals surface area (Å²) in [6, 6.07) is 2.72. The van der Waals surface area contributed by atoms with E-state index in [2.05, 4.69) is 6.58 Å². The van der Waals surface area contributed by atoms with Crippen molar-refractivity contribution >= 4 is 5.78 Å². The van der Waals surface area contributed by atoms with Crippen LogP contribution in [0.3, 0.4) is 0 Å². The Morgan fingerprint density at radius 1 is 0.917 bits per heavy atom. The van der Waals surface area contributed by atoms with E-state index < -0.39 is 23.8 Å². The van der Waals surface area contributed by atoms with E-state index in [9.17, 15) is 20.1 Å². The Labute approximate surface area is 127 Å². The predicted octanol–water partition coefficient (Wildman–Crippen LogP) is 4.30. The van der Waals surface area contributed by atoms with Gasteiger partial charge in [0.15, 0.2) is 0 Å². The SMILES string of the molecule is C=C(C(=O)c1ccc(O)c(O)c1O)[C]12[CH]3[CH]4[CH]5[CH]1[Fe]45321678[CH]2[CH]1[CH]6[CH]7[CH]28. The van der Waals surface area contributed by atoms with Gasteiger partial charge in [-0.1, -0.05) is 0 Å². The van der Waals surface area contributed by atoms with E-state index >= 15 is 0 Å². The maximum atomic E-state index is 13.2. The second-order valence-corrected chi connectivity index (χ2v) is 35.9. The van der Waals surface area contributed by atoms with Gasteiger partial charge in [0.1, 0.15) is 0 Å². The van der Waals surface area contributed by atoms with Crippen LogP contribution in [-0.4, -0.2) is 21.1 Å². The van der Waals surface area contributed by atoms with Gasteiger partial charge in [-0.2, -0.15) is 0 Å². The van der Waals surface area contributed by atoms with Crippen LogP contribution in [-0.2, 0) is 6.51 Å². The van der Waals surface area contributed by atoms with Gasteiger partial charge in [0.05, 0.1) is 0 Å². The van der Waals surface area contributed by atoms with E-state index in [4.69, 9.17) is 0 Å². The summed E-state index contributed by atoms with van der Waals surface area (Å²) in [5.74, 6) is -1.66. The second kappa shape index (κ2) is 0.976. The molecule has 10 heterocycles. The van der Waals surface area contributed by atoms with Crippen molar-refractivity contribution in [3.8, 4) is 17.2 Å². The molecule has 1 aromatic rings. The Bertz CT molecular complexity index is 1380. The minimum absolute atomic E-state index is 0.117. The van der Waals surface area contributed by atoms with Crippen LogP contribution in [0, 0.1) is 0 Å². The number of aromatic hydroxyl groups is 3. The molecular weight excluding hydrogens is 348 g/mol. The van der Waals surface area contributed by atoms with E-state index in [1.165, 1.54) is 12.1 Å². The molecule has 11 rings (SSSR count). The fraction of sp³-hybridized carbons (Fsp3) is 0.526. The average molecular weight is 364 g/mol. The van der Waals surface area contributed by atoms with Gasteiger partial charge in [-0.05, 0) is 0 Å². The molecule has 0 radical (unpaired) electrons. The number of Topliss-reactive ketones (excluding diaryl/α,β-unsaturated/α-hetero) is 1. The van der Waals surface area contributed by atoms with Crippen molar-refractivity contribution in [3.63, 3.8) is 0 Å². The normalized spacial score (nSPS) is 87.4. The molecule has 0 saturated carbocycles. The fourth-order valence-corrected chi connectivity index (χ4v) is 92.4. The zero-order valence-electron chi connectivity index (χ0n) is 12.7. The van der Waals surface area contributed by atoms with Gasteiger partial charge in [-0.3, -0.25) is 0 Å². The summed E-state index contributed by atoms with van der Waals surface area (Å²) in [4.78, 5) is 22.9. The van der Waals surface area contributed by atoms with Gasteiger partial charge >= 0.3 is 127 Å². The van der Waals surface area contributed by atoms with E-state index in [0.29, 0.717) is 0 Å². The Balaban J connectivity index is 1.21. The number of hydrogen-bond acceptors (Lipinski definition) is 4. The number of carbonyl (C=O) groups is 1. The molecule has 10 aliphatic heterocycles. The van der Waals surface area contributed by atoms with Crippen LogP contribution in [0.25, 0.3) is 0 Å². The number of ketones is 1. The summed E-state index contributed by atoms with van der Waals surface area (Å²) < 4.78 is 0.260. The topological polar surface area (TPSA) is 77.8 Å². The third-order valence-corrected chi connectivity index (χ3v) is 59.2. The number of allylic oxidation sites excluding steroid dienone is 1. The molecule has 0 amide bonds. The molecule has 1 spiro atoms. The van der Waals surface area contributed by atoms with Gasteiger partial charge < -0.3 is 0 Å². The summed E-state index contributed by atoms with van der Waals surface area (Å²) >= 11 is 0. The molecule has 10 saturated heterocycles. The molecule has 124 valence electrons. The number of fused-ring (bicyclic) bond motifs is 10. The maximum absolute atomic E-state index is 13.2. The van der Waals surface area contributed by atoms with Crippen LogP contribution in [0.4, 0.5) is 0 Å². The first-order valence-electron chi connectivity index (χ1n) is 8.90. The number of rotatable bonds is 3. The molecular formula is C19H16FeO4. The molecule has 3 N–H and O–H groups in total. The number of hydrogen-bond donors (Lipinski definition) is 3. The molecule has 0 aliphatic carbocycles. The number of phenolic OH excluding ortho intramolecular Hbond substituents is 3. The minimum atomic E-state index is -3.44. The van der Waals surface area contributed by atoms with Crippen molar-refractivity contribution in [3.05, 3.63) is 29.8 Å². The van der Waals surface area contributed by atoms with Gasteiger partial charge in [0.2, 0.25) is 0 Å². The van der Waals surface area contributed by atoms with Crippen LogP contribution >= 0.6 is 0 Å². The quantitative estimate of drug-likeness (QED) is 0.323. The Morgan fingerprint density at radius 3 is 1.88 bits per heavy atom. The van der Waals surface area contributed by atoms with Crippen LogP contribution < -0.4 is 0 Å². The summed E-state index contributed by atoms with van der Waals surface area (Å²) in [6.45, 7) is 0.911. The van der Waals surface area contributed by atoms with Crippen LogP contribution in [0.1, 0.15) is 10.4 Å². The van der Waals surface area contributed by atoms with Crippen molar-refractivity contribution < 1.29 is 26.6 Å². The Kier molecular flexibility index (Phi) is 0.402. The first kappa shape index (κ1) is 9.88. The molecule has 0 aromatic heterocycles. The average Bonchev–Trinajstić information content (AvgIpc) is 3.51. The van der Waals surface area contributed by atoms with Crippen molar-refractivity contribution in [1.29, 1.82) is 0 Å². The predicted molar refractivity (Wildman–Crippen MR) is 81.3 cm³/mol. The van der Waals surface area contributed by atoms with Crippen molar-refractivity contribution in [2.75, 3.05) is 0 Å². The fourth-order valence-electron chi connectivity index (χ4n) is 18.1. The van der Waals surface area contributed by atoms with Gasteiger partial charge in [0, 0.05) is 0 Å². The summed E-state index contributed by atoms with van der Waals surface area (Å²) in [5.41, 5.74) is 0.917. The van der Waals surface area contributed by atoms with Crippen LogP contribution in [0.2, 0.25) is 47.7 Å². The summed E-state index contributed by atoms with van der Waals surface area (Å²) in [7, 11) is 0. The van der Waals surface area contributed by atoms with Crippen molar-refractivity contribution in [2.45, 2.75) is 47.7 Å². The Hall–Kier alpha value is -1.45. The molecule has 4 unspecified atom stereocenters. The number of carbonyl (C=O) groups excluding carboxylic acids is 1. The zero-order chi connectivity index (χ0) is 15.9. The van der Waals surface area contributed by atoms with Gasteiger partial charge in [-0.15, -0.1) is 0 Å². The van der Waals surface area contributed by atoms with E-state index in [0.717, 1.165) is 48.9 Å². The molecule has 0 bridgehead atoms. The number of phenols is 3. The molecule has 4 nitrogen and oxygen atoms in total. The van der Waals surface area contributed by atoms with Crippen molar-refractivity contribution in [2.24, 2.45) is 0 Å². The standard InChI is InChI=1S/C14H11O4.C5H5.Fe/c1-8(9-4-2-3-5-9)12(16)10-6-7-11(15)14(18)13(10)17;1-2-4-5-3-1;/h2-7,15,17-18H,1H2;1-5H;. The van der Waals surface area contributed by atoms with E-state index in [1.807, 2.05) is 0 Å². The third-order valence-electron chi connectivity index (χ3n) is 16.8. The monoisotopic (exact) mass is 364 g/mol. The van der Waals surface area contributed by atoms with E-state index in [-0.39, 0.29) is 15.7 Å². The van der Waals surface area contributed by atoms with Crippen LogP contribution in [0.5, 0.6) is 17.2 Å². The second-order valence-electron chi connectivity index (χ2n) is 12.3. The molecule has 24 heavy (non-hydrogen) atoms. The first-order chi connectivity index (χ1) is 11.2. The molecule has 10 fully saturated rings. The summed E-state index contributed by atoms with van der Waals surface area (Å²) in [5, 5.41) is 29.5. The van der Waals surface area contributed by atoms with Crippen LogP contribution in [0.15, 0.2) is 24.3 Å². The number of benzene rings is 1. The van der Waals surface area contributed by atoms with E-state index in [1.54, 1.807) is 0 Å². The summed E-state index contributed by atoms with van der Waals surface area (Å²) in [6.07, 6.45) is 0. The first-order valence-corrected chi connectivity index (χ1v) is 15.2. The molecule has 5 heteroatoms. The molecule has 1 aromatic carbocycles. The zero-order valence-corrected chi connectivity index (χ0v) is 13.8. The Morgan fingerprint density at radius 2 is 1.46 bits per heavy atom. The molecule has 4 atom stereocenters. The van der Waals surface area contributed by atoms with Gasteiger partial charge in [0.25, 0.3) is 0 Å². The molecule has 10 aliphatic rings. The third kappa shape index (κ3) is 0.133. The van der Waals surface area contributed by atoms with Gasteiger partial charge in [-0.25, -0.2) is 0 Å². The van der Waals surface area contributed by atoms with Crippen molar-refractivity contribution in [1.82, 2.24) is 0 Å².